The summed E-state index contributed by atoms with van der Waals surface area (Å²) in [6.07, 6.45) is 0.778. The first-order valence-electron chi connectivity index (χ1n) is 8.73. The Morgan fingerprint density at radius 2 is 1.67 bits per heavy atom. The van der Waals surface area contributed by atoms with E-state index in [1.165, 1.54) is 4.88 Å². The number of nitrogens with zero attached hydrogens (tertiary/aromatic N) is 3. The molecule has 4 rings (SSSR count). The fraction of sp³-hybridized carbons (Fsp3) is 0.143. The van der Waals surface area contributed by atoms with Crippen LogP contribution in [0.4, 0.5) is 0 Å². The molecule has 0 bridgehead atoms. The Balaban J connectivity index is 1.49. The molecule has 27 heavy (non-hydrogen) atoms. The summed E-state index contributed by atoms with van der Waals surface area (Å²) < 4.78 is 7.93. The minimum atomic E-state index is 0.622. The lowest BCUT2D eigenvalue weighted by Gasteiger charge is -2.10. The van der Waals surface area contributed by atoms with Crippen LogP contribution in [0.3, 0.4) is 0 Å². The number of rotatable bonds is 8. The Morgan fingerprint density at radius 3 is 2.41 bits per heavy atom. The molecule has 136 valence electrons. The summed E-state index contributed by atoms with van der Waals surface area (Å²) in [5, 5.41) is 11.9. The lowest BCUT2D eigenvalue weighted by Crippen LogP contribution is -2.05. The number of thioether (sulfide) groups is 1. The zero-order chi connectivity index (χ0) is 18.3. The topological polar surface area (TPSA) is 39.9 Å². The van der Waals surface area contributed by atoms with Crippen molar-refractivity contribution in [3.8, 4) is 11.4 Å². The lowest BCUT2D eigenvalue weighted by atomic mass is 10.3. The summed E-state index contributed by atoms with van der Waals surface area (Å²) in [5.74, 6) is 2.65. The van der Waals surface area contributed by atoms with Crippen molar-refractivity contribution < 1.29 is 4.74 Å². The Hall–Kier alpha value is -2.57. The van der Waals surface area contributed by atoms with E-state index in [1.807, 2.05) is 48.5 Å². The van der Waals surface area contributed by atoms with Crippen molar-refractivity contribution >= 4 is 23.1 Å². The molecule has 0 amide bonds. The predicted octanol–water partition coefficient (Wildman–Crippen LogP) is 5.09. The van der Waals surface area contributed by atoms with Crippen LogP contribution in [-0.4, -0.2) is 27.1 Å². The van der Waals surface area contributed by atoms with Gasteiger partial charge >= 0.3 is 0 Å². The number of hydrogen-bond acceptors (Lipinski definition) is 5. The smallest absolute Gasteiger partial charge is 0.195 e. The molecule has 2 heterocycles. The molecule has 0 atom stereocenters. The van der Waals surface area contributed by atoms with Crippen LogP contribution in [0.15, 0.2) is 83.3 Å². The van der Waals surface area contributed by atoms with Crippen LogP contribution in [0.5, 0.6) is 5.75 Å². The molecule has 0 spiro atoms. The molecule has 0 aliphatic carbocycles. The SMILES string of the molecule is c1ccc(OCCSc2nnc(Cc3cccs3)n2-c2ccccc2)cc1. The van der Waals surface area contributed by atoms with E-state index in [0.29, 0.717) is 6.61 Å². The highest BCUT2D eigenvalue weighted by molar-refractivity contribution is 7.99. The van der Waals surface area contributed by atoms with Gasteiger partial charge in [0.25, 0.3) is 0 Å². The molecule has 0 N–H and O–H groups in total. The molecule has 0 saturated carbocycles. The third-order valence-corrected chi connectivity index (χ3v) is 5.72. The van der Waals surface area contributed by atoms with Crippen LogP contribution in [-0.2, 0) is 6.42 Å². The largest absolute Gasteiger partial charge is 0.493 e. The molecule has 4 nitrogen and oxygen atoms in total. The van der Waals surface area contributed by atoms with Crippen LogP contribution >= 0.6 is 23.1 Å². The van der Waals surface area contributed by atoms with Crippen molar-refractivity contribution in [1.82, 2.24) is 14.8 Å². The van der Waals surface area contributed by atoms with Crippen LogP contribution < -0.4 is 4.74 Å². The van der Waals surface area contributed by atoms with E-state index in [0.717, 1.165) is 34.6 Å². The Bertz CT molecular complexity index is 954. The standard InChI is InChI=1S/C21H19N3OS2/c1-3-8-17(9-4-1)24-20(16-19-12-7-14-26-19)22-23-21(24)27-15-13-25-18-10-5-2-6-11-18/h1-12,14H,13,15-16H2. The molecular formula is C21H19N3OS2. The van der Waals surface area contributed by atoms with Gasteiger partial charge < -0.3 is 4.74 Å². The summed E-state index contributed by atoms with van der Waals surface area (Å²) in [7, 11) is 0. The van der Waals surface area contributed by atoms with Gasteiger partial charge in [-0.1, -0.05) is 54.2 Å². The summed E-state index contributed by atoms with van der Waals surface area (Å²) in [6, 6.07) is 24.4. The van der Waals surface area contributed by atoms with E-state index in [9.17, 15) is 0 Å². The number of benzene rings is 2. The number of para-hydroxylation sites is 2. The maximum absolute atomic E-state index is 5.79. The van der Waals surface area contributed by atoms with Gasteiger partial charge in [-0.2, -0.15) is 0 Å². The van der Waals surface area contributed by atoms with Gasteiger partial charge in [-0.25, -0.2) is 0 Å². The zero-order valence-corrected chi connectivity index (χ0v) is 16.3. The molecule has 2 aromatic carbocycles. The van der Waals surface area contributed by atoms with Crippen LogP contribution in [0.1, 0.15) is 10.7 Å². The monoisotopic (exact) mass is 393 g/mol. The second kappa shape index (κ2) is 8.88. The summed E-state index contributed by atoms with van der Waals surface area (Å²) >= 11 is 3.40. The molecule has 4 aromatic rings. The molecule has 0 unspecified atom stereocenters. The first kappa shape index (κ1) is 17.8. The van der Waals surface area contributed by atoms with E-state index < -0.39 is 0 Å². The van der Waals surface area contributed by atoms with Crippen molar-refractivity contribution in [3.63, 3.8) is 0 Å². The van der Waals surface area contributed by atoms with Crippen molar-refractivity contribution in [3.05, 3.63) is 88.9 Å². The van der Waals surface area contributed by atoms with Gasteiger partial charge in [-0.15, -0.1) is 21.5 Å². The number of hydrogen-bond donors (Lipinski definition) is 0. The van der Waals surface area contributed by atoms with Crippen molar-refractivity contribution in [2.24, 2.45) is 0 Å². The third-order valence-electron chi connectivity index (χ3n) is 3.95. The number of aromatic nitrogens is 3. The van der Waals surface area contributed by atoms with Crippen molar-refractivity contribution in [1.29, 1.82) is 0 Å². The molecule has 0 saturated heterocycles. The summed E-state index contributed by atoms with van der Waals surface area (Å²) in [6.45, 7) is 0.622. The second-order valence-electron chi connectivity index (χ2n) is 5.84. The molecule has 6 heteroatoms. The van der Waals surface area contributed by atoms with Gasteiger partial charge in [-0.05, 0) is 35.7 Å². The zero-order valence-electron chi connectivity index (χ0n) is 14.7. The second-order valence-corrected chi connectivity index (χ2v) is 7.93. The summed E-state index contributed by atoms with van der Waals surface area (Å²) in [4.78, 5) is 1.28. The highest BCUT2D eigenvalue weighted by Crippen LogP contribution is 2.24. The van der Waals surface area contributed by atoms with Crippen molar-refractivity contribution in [2.45, 2.75) is 11.6 Å². The van der Waals surface area contributed by atoms with Gasteiger partial charge in [-0.3, -0.25) is 4.57 Å². The Labute approximate surface area is 166 Å². The molecule has 2 aromatic heterocycles. The first-order chi connectivity index (χ1) is 13.4. The van der Waals surface area contributed by atoms with Crippen LogP contribution in [0.2, 0.25) is 0 Å². The van der Waals surface area contributed by atoms with Gasteiger partial charge in [0, 0.05) is 22.7 Å². The highest BCUT2D eigenvalue weighted by atomic mass is 32.2. The van der Waals surface area contributed by atoms with Crippen molar-refractivity contribution in [2.75, 3.05) is 12.4 Å². The minimum absolute atomic E-state index is 0.622. The third kappa shape index (κ3) is 4.59. The van der Waals surface area contributed by atoms with E-state index in [1.54, 1.807) is 23.1 Å². The molecule has 0 fully saturated rings. The maximum Gasteiger partial charge on any atom is 0.195 e. The number of ether oxygens (including phenoxy) is 1. The van der Waals surface area contributed by atoms with E-state index >= 15 is 0 Å². The predicted molar refractivity (Wildman–Crippen MR) is 111 cm³/mol. The normalized spacial score (nSPS) is 10.8. The molecule has 0 aliphatic heterocycles. The van der Waals surface area contributed by atoms with Crippen LogP contribution in [0, 0.1) is 0 Å². The minimum Gasteiger partial charge on any atom is -0.493 e. The van der Waals surface area contributed by atoms with E-state index in [2.05, 4.69) is 44.4 Å². The quantitative estimate of drug-likeness (QED) is 0.309. The lowest BCUT2D eigenvalue weighted by molar-refractivity contribution is 0.344. The van der Waals surface area contributed by atoms with Gasteiger partial charge in [0.2, 0.25) is 0 Å². The van der Waals surface area contributed by atoms with Gasteiger partial charge in [0.05, 0.1) is 6.61 Å². The first-order valence-corrected chi connectivity index (χ1v) is 10.6. The Morgan fingerprint density at radius 1 is 0.889 bits per heavy atom. The fourth-order valence-corrected chi connectivity index (χ4v) is 4.21. The highest BCUT2D eigenvalue weighted by Gasteiger charge is 2.15. The average Bonchev–Trinajstić information content (AvgIpc) is 3.37. The van der Waals surface area contributed by atoms with Gasteiger partial charge in [0.1, 0.15) is 11.6 Å². The van der Waals surface area contributed by atoms with Gasteiger partial charge in [0.15, 0.2) is 5.16 Å². The Kier molecular flexibility index (Phi) is 5.86. The van der Waals surface area contributed by atoms with E-state index in [-0.39, 0.29) is 0 Å². The molecule has 0 radical (unpaired) electrons. The van der Waals surface area contributed by atoms with E-state index in [4.69, 9.17) is 4.74 Å². The molecule has 0 aliphatic rings. The number of thiophene rings is 1. The summed E-state index contributed by atoms with van der Waals surface area (Å²) in [5.41, 5.74) is 1.08. The van der Waals surface area contributed by atoms with Crippen LogP contribution in [0.25, 0.3) is 5.69 Å². The average molecular weight is 394 g/mol. The maximum atomic E-state index is 5.79. The molecular weight excluding hydrogens is 374 g/mol. The fourth-order valence-electron chi connectivity index (χ4n) is 2.72.